The summed E-state index contributed by atoms with van der Waals surface area (Å²) in [5.41, 5.74) is 3.55. The lowest BCUT2D eigenvalue weighted by Crippen LogP contribution is -2.26. The summed E-state index contributed by atoms with van der Waals surface area (Å²) in [5, 5.41) is 0. The molecular formula is C14H15NO2. The van der Waals surface area contributed by atoms with E-state index in [2.05, 4.69) is 0 Å². The van der Waals surface area contributed by atoms with Crippen LogP contribution in [0.4, 0.5) is 0 Å². The molecule has 0 aliphatic heterocycles. The molecule has 17 heavy (non-hydrogen) atoms. The van der Waals surface area contributed by atoms with Crippen LogP contribution in [0.15, 0.2) is 23.9 Å². The van der Waals surface area contributed by atoms with Crippen molar-refractivity contribution in [3.05, 3.63) is 46.2 Å². The van der Waals surface area contributed by atoms with E-state index in [1.807, 2.05) is 13.8 Å². The maximum atomic E-state index is 12.2. The van der Waals surface area contributed by atoms with E-state index >= 15 is 0 Å². The molecule has 3 heteroatoms. The zero-order valence-corrected chi connectivity index (χ0v) is 10.5. The minimum absolute atomic E-state index is 0.0762. The van der Waals surface area contributed by atoms with E-state index in [1.54, 1.807) is 31.1 Å². The summed E-state index contributed by atoms with van der Waals surface area (Å²) in [6, 6.07) is 3.61. The van der Waals surface area contributed by atoms with Gasteiger partial charge < -0.3 is 4.90 Å². The molecular weight excluding hydrogens is 214 g/mol. The van der Waals surface area contributed by atoms with Crippen LogP contribution in [0.1, 0.15) is 31.8 Å². The van der Waals surface area contributed by atoms with Crippen molar-refractivity contribution >= 4 is 11.6 Å². The number of nitrogens with zero attached hydrogens (tertiary/aromatic N) is 1. The predicted octanol–water partition coefficient (Wildman–Crippen LogP) is 2.13. The van der Waals surface area contributed by atoms with Gasteiger partial charge in [0.2, 0.25) is 5.78 Å². The molecule has 88 valence electrons. The van der Waals surface area contributed by atoms with Gasteiger partial charge in [0.1, 0.15) is 0 Å². The van der Waals surface area contributed by atoms with Gasteiger partial charge in [0.05, 0.1) is 5.70 Å². The summed E-state index contributed by atoms with van der Waals surface area (Å²) in [7, 11) is 3.53. The van der Waals surface area contributed by atoms with E-state index in [4.69, 9.17) is 0 Å². The first kappa shape index (κ1) is 11.6. The summed E-state index contributed by atoms with van der Waals surface area (Å²) < 4.78 is 0. The van der Waals surface area contributed by atoms with Gasteiger partial charge in [0.25, 0.3) is 0 Å². The first-order chi connectivity index (χ1) is 7.91. The molecule has 2 rings (SSSR count). The highest BCUT2D eigenvalue weighted by Crippen LogP contribution is 2.25. The molecule has 0 fully saturated rings. The Morgan fingerprint density at radius 2 is 1.47 bits per heavy atom. The zero-order chi connectivity index (χ0) is 12.7. The highest BCUT2D eigenvalue weighted by molar-refractivity contribution is 6.24. The molecule has 1 aliphatic carbocycles. The Hall–Kier alpha value is -1.90. The van der Waals surface area contributed by atoms with Crippen LogP contribution in [0.5, 0.6) is 0 Å². The van der Waals surface area contributed by atoms with Crippen LogP contribution in [0.25, 0.3) is 0 Å². The third-order valence-electron chi connectivity index (χ3n) is 3.13. The summed E-state index contributed by atoms with van der Waals surface area (Å²) in [4.78, 5) is 25.8. The summed E-state index contributed by atoms with van der Waals surface area (Å²) in [6.45, 7) is 3.89. The van der Waals surface area contributed by atoms with Gasteiger partial charge in [-0.15, -0.1) is 0 Å². The van der Waals surface area contributed by atoms with Crippen molar-refractivity contribution in [1.82, 2.24) is 4.90 Å². The fourth-order valence-electron chi connectivity index (χ4n) is 1.95. The first-order valence-electron chi connectivity index (χ1n) is 5.51. The molecule has 1 aliphatic rings. The average molecular weight is 229 g/mol. The van der Waals surface area contributed by atoms with Crippen LogP contribution >= 0.6 is 0 Å². The van der Waals surface area contributed by atoms with Gasteiger partial charge >= 0.3 is 0 Å². The molecule has 0 saturated heterocycles. The Morgan fingerprint density at radius 1 is 0.941 bits per heavy atom. The topological polar surface area (TPSA) is 37.4 Å². The van der Waals surface area contributed by atoms with Crippen LogP contribution < -0.4 is 0 Å². The number of carbonyl (C=O) groups is 2. The van der Waals surface area contributed by atoms with Crippen molar-refractivity contribution in [2.45, 2.75) is 13.8 Å². The van der Waals surface area contributed by atoms with Crippen molar-refractivity contribution in [1.29, 1.82) is 0 Å². The predicted molar refractivity (Wildman–Crippen MR) is 66.3 cm³/mol. The van der Waals surface area contributed by atoms with Gasteiger partial charge in [-0.2, -0.15) is 0 Å². The number of hydrogen-bond acceptors (Lipinski definition) is 3. The van der Waals surface area contributed by atoms with Crippen LogP contribution in [0.3, 0.4) is 0 Å². The molecule has 0 radical (unpaired) electrons. The number of benzene rings is 1. The van der Waals surface area contributed by atoms with Crippen LogP contribution in [0.2, 0.25) is 0 Å². The lowest BCUT2D eigenvalue weighted by Gasteiger charge is -2.21. The number of rotatable bonds is 1. The highest BCUT2D eigenvalue weighted by atomic mass is 16.1. The second-order valence-electron chi connectivity index (χ2n) is 4.60. The molecule has 3 nitrogen and oxygen atoms in total. The molecule has 0 amide bonds. The summed E-state index contributed by atoms with van der Waals surface area (Å²) in [5.74, 6) is -0.167. The van der Waals surface area contributed by atoms with Gasteiger partial charge in [-0.3, -0.25) is 9.59 Å². The second-order valence-corrected chi connectivity index (χ2v) is 4.60. The maximum Gasteiger partial charge on any atom is 0.209 e. The quantitative estimate of drug-likeness (QED) is 0.740. The number of likely N-dealkylation sites (N-methyl/N-ethyl adjacent to an activating group) is 1. The van der Waals surface area contributed by atoms with Crippen molar-refractivity contribution in [3.8, 4) is 0 Å². The monoisotopic (exact) mass is 229 g/mol. The number of hydrogen-bond donors (Lipinski definition) is 0. The first-order valence-corrected chi connectivity index (χ1v) is 5.51. The lowest BCUT2D eigenvalue weighted by atomic mass is 9.89. The average Bonchev–Trinajstić information content (AvgIpc) is 2.25. The van der Waals surface area contributed by atoms with Gasteiger partial charge in [-0.1, -0.05) is 0 Å². The molecule has 0 heterocycles. The SMILES string of the molecule is Cc1cc2c(cc1C)C(=O)C(N(C)C)=CC2=O. The molecule has 0 bridgehead atoms. The van der Waals surface area contributed by atoms with Crippen molar-refractivity contribution in [2.75, 3.05) is 14.1 Å². The van der Waals surface area contributed by atoms with E-state index in [0.717, 1.165) is 11.1 Å². The summed E-state index contributed by atoms with van der Waals surface area (Å²) in [6.07, 6.45) is 1.42. The van der Waals surface area contributed by atoms with E-state index in [9.17, 15) is 9.59 Å². The third-order valence-corrected chi connectivity index (χ3v) is 3.13. The van der Waals surface area contributed by atoms with Crippen LogP contribution in [0, 0.1) is 13.8 Å². The maximum absolute atomic E-state index is 12.2. The second kappa shape index (κ2) is 3.84. The normalized spacial score (nSPS) is 14.5. The van der Waals surface area contributed by atoms with E-state index in [0.29, 0.717) is 16.8 Å². The van der Waals surface area contributed by atoms with Gasteiger partial charge in [0, 0.05) is 31.3 Å². The van der Waals surface area contributed by atoms with Crippen molar-refractivity contribution in [2.24, 2.45) is 0 Å². The molecule has 1 aromatic rings. The standard InChI is InChI=1S/C14H15NO2/c1-8-5-10-11(6-9(8)2)14(17)12(15(3)4)7-13(10)16/h5-7H,1-4H3. The number of ketones is 2. The largest absolute Gasteiger partial charge is 0.374 e. The molecule has 0 atom stereocenters. The molecule has 1 aromatic carbocycles. The number of aryl methyl sites for hydroxylation is 2. The highest BCUT2D eigenvalue weighted by Gasteiger charge is 2.27. The third kappa shape index (κ3) is 1.78. The number of fused-ring (bicyclic) bond motifs is 1. The lowest BCUT2D eigenvalue weighted by molar-refractivity contribution is 0.0962. The Labute approximate surface area is 101 Å². The van der Waals surface area contributed by atoms with Crippen molar-refractivity contribution < 1.29 is 9.59 Å². The molecule has 0 unspecified atom stereocenters. The molecule has 0 saturated carbocycles. The smallest absolute Gasteiger partial charge is 0.209 e. The summed E-state index contributed by atoms with van der Waals surface area (Å²) >= 11 is 0. The fourth-order valence-corrected chi connectivity index (χ4v) is 1.95. The van der Waals surface area contributed by atoms with Crippen molar-refractivity contribution in [3.63, 3.8) is 0 Å². The fraction of sp³-hybridized carbons (Fsp3) is 0.286. The number of Topliss-reactive ketones (excluding diaryl/α,β-unsaturated/α-hetero) is 1. The Balaban J connectivity index is 2.64. The Morgan fingerprint density at radius 3 is 2.00 bits per heavy atom. The molecule has 0 N–H and O–H groups in total. The van der Waals surface area contributed by atoms with E-state index in [-0.39, 0.29) is 11.6 Å². The van der Waals surface area contributed by atoms with Gasteiger partial charge in [-0.05, 0) is 37.1 Å². The van der Waals surface area contributed by atoms with E-state index < -0.39 is 0 Å². The number of carbonyl (C=O) groups excluding carboxylic acids is 2. The Kier molecular flexibility index (Phi) is 2.62. The minimum Gasteiger partial charge on any atom is -0.374 e. The van der Waals surface area contributed by atoms with Crippen LogP contribution in [-0.4, -0.2) is 30.6 Å². The number of allylic oxidation sites excluding steroid dienone is 2. The van der Waals surface area contributed by atoms with Gasteiger partial charge in [-0.25, -0.2) is 0 Å². The molecule has 0 spiro atoms. The minimum atomic E-state index is -0.0913. The van der Waals surface area contributed by atoms with Crippen LogP contribution in [-0.2, 0) is 0 Å². The Bertz CT molecular complexity index is 554. The zero-order valence-electron chi connectivity index (χ0n) is 10.5. The van der Waals surface area contributed by atoms with E-state index in [1.165, 1.54) is 6.08 Å². The van der Waals surface area contributed by atoms with Gasteiger partial charge in [0.15, 0.2) is 5.78 Å². The molecule has 0 aromatic heterocycles.